The second-order valence-electron chi connectivity index (χ2n) is 6.21. The first-order valence-electron chi connectivity index (χ1n) is 8.38. The Morgan fingerprint density at radius 3 is 2.52 bits per heavy atom. The first kappa shape index (κ1) is 16.8. The van der Waals surface area contributed by atoms with Crippen LogP contribution in [0.5, 0.6) is 0 Å². The highest BCUT2D eigenvalue weighted by molar-refractivity contribution is 6.31. The van der Waals surface area contributed by atoms with E-state index in [0.29, 0.717) is 17.0 Å². The molecule has 0 bridgehead atoms. The minimum absolute atomic E-state index is 0.192. The standard InChI is InChI=1S/C18H27ClFN/c1-2-21-18(14-8-6-4-3-5-7-9-14)13-15-12-16(20)10-11-17(15)19/h10-12,14,18,21H,2-9,13H2,1H3. The predicted molar refractivity (Wildman–Crippen MR) is 88.4 cm³/mol. The molecule has 0 amide bonds. The fraction of sp³-hybridized carbons (Fsp3) is 0.667. The van der Waals surface area contributed by atoms with E-state index in [-0.39, 0.29) is 5.82 Å². The Morgan fingerprint density at radius 2 is 1.86 bits per heavy atom. The van der Waals surface area contributed by atoms with Gasteiger partial charge in [0.05, 0.1) is 0 Å². The molecule has 0 aliphatic heterocycles. The monoisotopic (exact) mass is 311 g/mol. The maximum Gasteiger partial charge on any atom is 0.123 e. The fourth-order valence-corrected chi connectivity index (χ4v) is 3.69. The summed E-state index contributed by atoms with van der Waals surface area (Å²) in [6.07, 6.45) is 10.1. The van der Waals surface area contributed by atoms with Gasteiger partial charge in [0.15, 0.2) is 0 Å². The molecule has 3 heteroatoms. The summed E-state index contributed by atoms with van der Waals surface area (Å²) in [5, 5.41) is 4.30. The van der Waals surface area contributed by atoms with E-state index in [9.17, 15) is 4.39 Å². The summed E-state index contributed by atoms with van der Waals surface area (Å²) >= 11 is 6.24. The van der Waals surface area contributed by atoms with Crippen molar-refractivity contribution in [1.82, 2.24) is 5.32 Å². The van der Waals surface area contributed by atoms with Crippen molar-refractivity contribution in [1.29, 1.82) is 0 Å². The van der Waals surface area contributed by atoms with Crippen molar-refractivity contribution in [3.63, 3.8) is 0 Å². The molecule has 1 N–H and O–H groups in total. The summed E-state index contributed by atoms with van der Waals surface area (Å²) in [6.45, 7) is 3.09. The summed E-state index contributed by atoms with van der Waals surface area (Å²) in [6, 6.07) is 5.11. The molecule has 1 nitrogen and oxygen atoms in total. The highest BCUT2D eigenvalue weighted by Crippen LogP contribution is 2.28. The van der Waals surface area contributed by atoms with Crippen molar-refractivity contribution in [3.8, 4) is 0 Å². The normalized spacial score (nSPS) is 19.0. The lowest BCUT2D eigenvalue weighted by atomic mass is 9.83. The van der Waals surface area contributed by atoms with Crippen LogP contribution in [0.1, 0.15) is 57.4 Å². The highest BCUT2D eigenvalue weighted by Gasteiger charge is 2.22. The second-order valence-corrected chi connectivity index (χ2v) is 6.62. The Morgan fingerprint density at radius 1 is 1.19 bits per heavy atom. The number of halogens is 2. The third-order valence-corrected chi connectivity index (χ3v) is 5.00. The van der Waals surface area contributed by atoms with Gasteiger partial charge in [-0.15, -0.1) is 0 Å². The Balaban J connectivity index is 2.07. The molecule has 1 aromatic rings. The van der Waals surface area contributed by atoms with Crippen molar-refractivity contribution >= 4 is 11.6 Å². The van der Waals surface area contributed by atoms with E-state index in [1.54, 1.807) is 12.1 Å². The first-order chi connectivity index (χ1) is 10.2. The lowest BCUT2D eigenvalue weighted by Crippen LogP contribution is -2.38. The number of hydrogen-bond donors (Lipinski definition) is 1. The van der Waals surface area contributed by atoms with Gasteiger partial charge in [0.1, 0.15) is 5.82 Å². The lowest BCUT2D eigenvalue weighted by molar-refractivity contribution is 0.286. The molecular formula is C18H27ClFN. The largest absolute Gasteiger partial charge is 0.314 e. The zero-order chi connectivity index (χ0) is 15.1. The van der Waals surface area contributed by atoms with Gasteiger partial charge in [0.2, 0.25) is 0 Å². The minimum Gasteiger partial charge on any atom is -0.314 e. The molecule has 118 valence electrons. The summed E-state index contributed by atoms with van der Waals surface area (Å²) in [7, 11) is 0. The van der Waals surface area contributed by atoms with Crippen LogP contribution in [-0.4, -0.2) is 12.6 Å². The third-order valence-electron chi connectivity index (χ3n) is 4.63. The minimum atomic E-state index is -0.192. The molecule has 0 saturated heterocycles. The van der Waals surface area contributed by atoms with Crippen molar-refractivity contribution < 1.29 is 4.39 Å². The van der Waals surface area contributed by atoms with Crippen molar-refractivity contribution in [2.24, 2.45) is 5.92 Å². The van der Waals surface area contributed by atoms with Gasteiger partial charge in [0.25, 0.3) is 0 Å². The molecule has 0 radical (unpaired) electrons. The lowest BCUT2D eigenvalue weighted by Gasteiger charge is -2.30. The number of hydrogen-bond acceptors (Lipinski definition) is 1. The number of likely N-dealkylation sites (N-methyl/N-ethyl adjacent to an activating group) is 1. The van der Waals surface area contributed by atoms with E-state index in [4.69, 9.17) is 11.6 Å². The molecule has 1 aromatic carbocycles. The summed E-state index contributed by atoms with van der Waals surface area (Å²) < 4.78 is 13.5. The Labute approximate surface area is 133 Å². The van der Waals surface area contributed by atoms with Crippen LogP contribution >= 0.6 is 11.6 Å². The van der Waals surface area contributed by atoms with E-state index in [1.165, 1.54) is 51.0 Å². The van der Waals surface area contributed by atoms with Gasteiger partial charge in [-0.25, -0.2) is 4.39 Å². The van der Waals surface area contributed by atoms with Gasteiger partial charge in [-0.3, -0.25) is 0 Å². The predicted octanol–water partition coefficient (Wildman–Crippen LogP) is 5.36. The van der Waals surface area contributed by atoms with E-state index < -0.39 is 0 Å². The van der Waals surface area contributed by atoms with Crippen LogP contribution < -0.4 is 5.32 Å². The Kier molecular flexibility index (Phi) is 6.98. The summed E-state index contributed by atoms with van der Waals surface area (Å²) in [5.41, 5.74) is 0.935. The molecule has 1 aliphatic rings. The van der Waals surface area contributed by atoms with Gasteiger partial charge in [0, 0.05) is 11.1 Å². The van der Waals surface area contributed by atoms with Crippen LogP contribution in [0.3, 0.4) is 0 Å². The van der Waals surface area contributed by atoms with E-state index >= 15 is 0 Å². The average Bonchev–Trinajstić information content (AvgIpc) is 2.42. The second kappa shape index (κ2) is 8.75. The van der Waals surface area contributed by atoms with Crippen LogP contribution in [-0.2, 0) is 6.42 Å². The molecule has 1 aliphatic carbocycles. The van der Waals surface area contributed by atoms with Gasteiger partial charge in [-0.2, -0.15) is 0 Å². The van der Waals surface area contributed by atoms with Crippen molar-refractivity contribution in [2.75, 3.05) is 6.54 Å². The highest BCUT2D eigenvalue weighted by atomic mass is 35.5. The van der Waals surface area contributed by atoms with Crippen LogP contribution in [0, 0.1) is 11.7 Å². The number of rotatable bonds is 5. The van der Waals surface area contributed by atoms with Crippen molar-refractivity contribution in [2.45, 2.75) is 64.3 Å². The maximum atomic E-state index is 13.5. The molecular weight excluding hydrogens is 285 g/mol. The van der Waals surface area contributed by atoms with Gasteiger partial charge < -0.3 is 5.32 Å². The maximum absolute atomic E-state index is 13.5. The number of benzene rings is 1. The number of nitrogens with one attached hydrogen (secondary N) is 1. The fourth-order valence-electron chi connectivity index (χ4n) is 3.49. The van der Waals surface area contributed by atoms with Crippen LogP contribution in [0.4, 0.5) is 4.39 Å². The first-order valence-corrected chi connectivity index (χ1v) is 8.75. The molecule has 2 rings (SSSR count). The molecule has 1 unspecified atom stereocenters. The summed E-state index contributed by atoms with van der Waals surface area (Å²) in [5.74, 6) is 0.492. The van der Waals surface area contributed by atoms with Crippen LogP contribution in [0.2, 0.25) is 5.02 Å². The molecule has 0 spiro atoms. The van der Waals surface area contributed by atoms with E-state index in [2.05, 4.69) is 12.2 Å². The van der Waals surface area contributed by atoms with Gasteiger partial charge in [-0.1, -0.05) is 50.6 Å². The zero-order valence-electron chi connectivity index (χ0n) is 13.0. The molecule has 1 atom stereocenters. The van der Waals surface area contributed by atoms with Crippen molar-refractivity contribution in [3.05, 3.63) is 34.6 Å². The Hall–Kier alpha value is -0.600. The summed E-state index contributed by atoms with van der Waals surface area (Å²) in [4.78, 5) is 0. The van der Waals surface area contributed by atoms with Gasteiger partial charge in [-0.05, 0) is 55.5 Å². The molecule has 1 saturated carbocycles. The smallest absolute Gasteiger partial charge is 0.123 e. The zero-order valence-corrected chi connectivity index (χ0v) is 13.8. The molecule has 21 heavy (non-hydrogen) atoms. The average molecular weight is 312 g/mol. The molecule has 1 fully saturated rings. The quantitative estimate of drug-likeness (QED) is 0.772. The Bertz CT molecular complexity index is 427. The third kappa shape index (κ3) is 5.27. The van der Waals surface area contributed by atoms with Gasteiger partial charge >= 0.3 is 0 Å². The molecule has 0 aromatic heterocycles. The van der Waals surface area contributed by atoms with E-state index in [0.717, 1.165) is 18.5 Å². The van der Waals surface area contributed by atoms with Crippen LogP contribution in [0.25, 0.3) is 0 Å². The van der Waals surface area contributed by atoms with Crippen LogP contribution in [0.15, 0.2) is 18.2 Å². The molecule has 0 heterocycles. The topological polar surface area (TPSA) is 12.0 Å². The SMILES string of the molecule is CCNC(Cc1cc(F)ccc1Cl)C1CCCCCCC1. The van der Waals surface area contributed by atoms with E-state index in [1.807, 2.05) is 0 Å².